The van der Waals surface area contributed by atoms with Crippen molar-refractivity contribution in [2.75, 3.05) is 4.90 Å². The molecule has 3 heterocycles. The molecule has 3 atom stereocenters. The van der Waals surface area contributed by atoms with Crippen molar-refractivity contribution >= 4 is 75.8 Å². The molecule has 3 bridgehead atoms. The van der Waals surface area contributed by atoms with Crippen LogP contribution < -0.4 is 4.90 Å². The summed E-state index contributed by atoms with van der Waals surface area (Å²) in [5, 5.41) is 5.14. The van der Waals surface area contributed by atoms with E-state index < -0.39 is 16.2 Å². The van der Waals surface area contributed by atoms with Crippen LogP contribution >= 0.6 is 11.3 Å². The fourth-order valence-corrected chi connectivity index (χ4v) is 15.2. The Hall–Kier alpha value is -8.24. The molecule has 0 saturated carbocycles. The van der Waals surface area contributed by atoms with E-state index in [2.05, 4.69) is 272 Å². The largest absolute Gasteiger partial charge is 0.310 e. The van der Waals surface area contributed by atoms with Crippen molar-refractivity contribution in [3.63, 3.8) is 0 Å². The van der Waals surface area contributed by atoms with Crippen LogP contribution in [-0.2, 0) is 10.8 Å². The van der Waals surface area contributed by atoms with Crippen LogP contribution in [0.1, 0.15) is 47.2 Å². The third kappa shape index (κ3) is 5.26. The lowest BCUT2D eigenvalue weighted by Crippen LogP contribution is -2.51. The molecule has 336 valence electrons. The van der Waals surface area contributed by atoms with Crippen LogP contribution in [-0.4, -0.2) is 4.57 Å². The molecule has 4 aliphatic rings. The summed E-state index contributed by atoms with van der Waals surface area (Å²) in [6.45, 7) is 5.10. The van der Waals surface area contributed by atoms with Gasteiger partial charge in [0.2, 0.25) is 0 Å². The first-order valence-electron chi connectivity index (χ1n) is 25.0. The fourth-order valence-electron chi connectivity index (χ4n) is 14.0. The van der Waals surface area contributed by atoms with Crippen LogP contribution in [0.15, 0.2) is 260 Å². The highest BCUT2D eigenvalue weighted by atomic mass is 32.1. The minimum Gasteiger partial charge on any atom is -0.310 e. The Morgan fingerprint density at radius 3 is 1.93 bits per heavy atom. The molecular weight excluding hydrogens is 877 g/mol. The number of para-hydroxylation sites is 3. The molecule has 0 fully saturated rings. The summed E-state index contributed by atoms with van der Waals surface area (Å²) in [5.74, 6) is 0.0586. The summed E-state index contributed by atoms with van der Waals surface area (Å²) in [4.78, 5) is 2.55. The van der Waals surface area contributed by atoms with Crippen molar-refractivity contribution < 1.29 is 0 Å². The van der Waals surface area contributed by atoms with Crippen molar-refractivity contribution in [2.45, 2.75) is 24.7 Å². The molecule has 15 rings (SSSR count). The molecule has 1 spiro atoms. The van der Waals surface area contributed by atoms with Gasteiger partial charge in [-0.05, 0) is 111 Å². The monoisotopic (exact) mass is 924 g/mol. The van der Waals surface area contributed by atoms with Crippen LogP contribution in [0, 0.1) is 11.3 Å². The van der Waals surface area contributed by atoms with E-state index >= 15 is 0 Å². The maximum atomic E-state index is 2.66. The molecule has 0 saturated heterocycles. The molecule has 0 radical (unpaired) electrons. The quantitative estimate of drug-likeness (QED) is 0.167. The van der Waals surface area contributed by atoms with Crippen molar-refractivity contribution in [3.8, 4) is 5.69 Å². The van der Waals surface area contributed by atoms with E-state index in [-0.39, 0.29) is 5.92 Å². The molecule has 3 heteroatoms. The summed E-state index contributed by atoms with van der Waals surface area (Å²) in [5.41, 5.74) is 17.5. The van der Waals surface area contributed by atoms with E-state index in [0.29, 0.717) is 0 Å². The van der Waals surface area contributed by atoms with E-state index in [0.717, 1.165) is 5.69 Å². The number of benzene rings is 9. The maximum Gasteiger partial charge on any atom is 0.0677 e. The minimum absolute atomic E-state index is 0.0586. The van der Waals surface area contributed by atoms with Gasteiger partial charge in [-0.2, -0.15) is 0 Å². The van der Waals surface area contributed by atoms with Gasteiger partial charge in [0.25, 0.3) is 0 Å². The fraction of sp³-hybridized carbons (Fsp3) is 0.0882. The number of thiophene rings is 1. The second-order valence-electron chi connectivity index (χ2n) is 20.1. The van der Waals surface area contributed by atoms with Gasteiger partial charge in [-0.1, -0.05) is 202 Å². The highest BCUT2D eigenvalue weighted by Crippen LogP contribution is 2.72. The van der Waals surface area contributed by atoms with E-state index in [9.17, 15) is 0 Å². The number of fused-ring (bicyclic) bond motifs is 12. The first-order valence-corrected chi connectivity index (χ1v) is 25.8. The smallest absolute Gasteiger partial charge is 0.0677 e. The Bertz CT molecular complexity index is 4110. The van der Waals surface area contributed by atoms with Crippen molar-refractivity contribution in [1.82, 2.24) is 4.57 Å². The van der Waals surface area contributed by atoms with Gasteiger partial charge in [0.1, 0.15) is 0 Å². The predicted molar refractivity (Wildman–Crippen MR) is 299 cm³/mol. The zero-order valence-corrected chi connectivity index (χ0v) is 40.4. The molecule has 11 aromatic rings. The van der Waals surface area contributed by atoms with Crippen LogP contribution in [0.25, 0.3) is 58.8 Å². The van der Waals surface area contributed by atoms with Gasteiger partial charge in [0.15, 0.2) is 0 Å². The highest BCUT2D eigenvalue weighted by molar-refractivity contribution is 7.26. The third-order valence-corrected chi connectivity index (χ3v) is 18.3. The lowest BCUT2D eigenvalue weighted by atomic mass is 9.47. The molecule has 3 aliphatic carbocycles. The Morgan fingerprint density at radius 2 is 1.14 bits per heavy atom. The standard InChI is InChI=1S/C68H48N2S/c1-44-64-50(45-37-38-60-55(41-45)51-27-12-17-33-58(51)70(60)61-35-20-30-53-52-28-14-19-36-62(52)71-65(53)61)39-40-67(44)43-49(69(48-25-10-5-11-26-48)59-34-18-13-29-54(59)64)42-63-66(67,2)56-31-15-16-32-57(56)68(63,46-21-6-3-7-22-46)47-23-8-4-9-24-47/h3-44H,1-2H3. The van der Waals surface area contributed by atoms with Gasteiger partial charge in [-0.3, -0.25) is 0 Å². The Morgan fingerprint density at radius 1 is 0.521 bits per heavy atom. The van der Waals surface area contributed by atoms with Crippen molar-refractivity contribution in [2.24, 2.45) is 11.3 Å². The number of aromatic nitrogens is 1. The third-order valence-electron chi connectivity index (χ3n) is 17.1. The molecule has 9 aromatic carbocycles. The van der Waals surface area contributed by atoms with Gasteiger partial charge >= 0.3 is 0 Å². The Balaban J connectivity index is 1.01. The molecule has 2 nitrogen and oxygen atoms in total. The average molecular weight is 925 g/mol. The van der Waals surface area contributed by atoms with Gasteiger partial charge in [0, 0.05) is 54.0 Å². The van der Waals surface area contributed by atoms with Crippen molar-refractivity contribution in [1.29, 1.82) is 0 Å². The zero-order chi connectivity index (χ0) is 47.1. The SMILES string of the molecule is CC1C2=C(c3ccc4c(c3)c3ccccc3n4-c3cccc4c3sc3ccccc34)C=CC13C=C(C=C1C(c4ccccc4)(c4ccccc4)c4ccccc4C13C)N(c1ccccc1)c1ccccc12. The molecule has 71 heavy (non-hydrogen) atoms. The summed E-state index contributed by atoms with van der Waals surface area (Å²) < 4.78 is 5.14. The number of hydrogen-bond donors (Lipinski definition) is 0. The van der Waals surface area contributed by atoms with E-state index in [1.54, 1.807) is 0 Å². The first kappa shape index (κ1) is 40.6. The topological polar surface area (TPSA) is 8.17 Å². The molecule has 0 N–H and O–H groups in total. The van der Waals surface area contributed by atoms with Gasteiger partial charge in [-0.15, -0.1) is 11.3 Å². The van der Waals surface area contributed by atoms with E-state index in [1.165, 1.54) is 109 Å². The predicted octanol–water partition coefficient (Wildman–Crippen LogP) is 17.5. The van der Waals surface area contributed by atoms with Crippen molar-refractivity contribution in [3.05, 3.63) is 293 Å². The summed E-state index contributed by atoms with van der Waals surface area (Å²) >= 11 is 1.89. The van der Waals surface area contributed by atoms with Crippen LogP contribution in [0.4, 0.5) is 11.4 Å². The van der Waals surface area contributed by atoms with E-state index in [4.69, 9.17) is 0 Å². The molecule has 2 aromatic heterocycles. The second-order valence-corrected chi connectivity index (χ2v) is 21.2. The number of nitrogens with zero attached hydrogens (tertiary/aromatic N) is 2. The van der Waals surface area contributed by atoms with Gasteiger partial charge in [-0.25, -0.2) is 0 Å². The number of allylic oxidation sites excluding steroid dienone is 7. The molecule has 1 aliphatic heterocycles. The van der Waals surface area contributed by atoms with Gasteiger partial charge < -0.3 is 9.47 Å². The average Bonchev–Trinajstić information content (AvgIpc) is 4.06. The maximum absolute atomic E-state index is 2.66. The van der Waals surface area contributed by atoms with Crippen LogP contribution in [0.3, 0.4) is 0 Å². The molecule has 0 amide bonds. The summed E-state index contributed by atoms with van der Waals surface area (Å²) in [7, 11) is 0. The van der Waals surface area contributed by atoms with E-state index in [1.807, 2.05) is 11.3 Å². The highest BCUT2D eigenvalue weighted by Gasteiger charge is 2.66. The zero-order valence-electron chi connectivity index (χ0n) is 39.6. The Labute approximate surface area is 418 Å². The number of anilines is 2. The number of rotatable bonds is 5. The minimum atomic E-state index is -0.557. The summed E-state index contributed by atoms with van der Waals surface area (Å²) in [6.07, 6.45) is 10.4. The van der Waals surface area contributed by atoms with Crippen LogP contribution in [0.5, 0.6) is 0 Å². The second kappa shape index (κ2) is 14.9. The lowest BCUT2D eigenvalue weighted by Gasteiger charge is -2.56. The lowest BCUT2D eigenvalue weighted by molar-refractivity contribution is 0.236. The van der Waals surface area contributed by atoms with Crippen LogP contribution in [0.2, 0.25) is 0 Å². The molecular formula is C68H48N2S. The number of hydrogen-bond acceptors (Lipinski definition) is 2. The Kier molecular flexibility index (Phi) is 8.52. The normalized spacial score (nSPS) is 20.6. The molecule has 3 unspecified atom stereocenters. The summed E-state index contributed by atoms with van der Waals surface area (Å²) in [6, 6.07) is 84.1. The van der Waals surface area contributed by atoms with Gasteiger partial charge in [0.05, 0.1) is 32.5 Å². The first-order chi connectivity index (χ1) is 35.0.